The predicted molar refractivity (Wildman–Crippen MR) is 129 cm³/mol. The normalized spacial score (nSPS) is 10.9. The van der Waals surface area contributed by atoms with Crippen LogP contribution in [-0.4, -0.2) is 24.1 Å². The average Bonchev–Trinajstić information content (AvgIpc) is 2.82. The van der Waals surface area contributed by atoms with E-state index in [1.165, 1.54) is 10.1 Å². The molecule has 0 aliphatic rings. The van der Waals surface area contributed by atoms with E-state index in [2.05, 4.69) is 6.92 Å². The van der Waals surface area contributed by atoms with Crippen LogP contribution in [0, 0.1) is 13.8 Å². The van der Waals surface area contributed by atoms with E-state index >= 15 is 0 Å². The number of rotatable bonds is 5. The molecule has 1 amide bonds. The molecule has 0 N–H and O–H groups in total. The third kappa shape index (κ3) is 3.78. The summed E-state index contributed by atoms with van der Waals surface area (Å²) in [6, 6.07) is 20.5. The van der Waals surface area contributed by atoms with E-state index in [0.717, 1.165) is 11.3 Å². The molecule has 162 valence electrons. The van der Waals surface area contributed by atoms with Crippen molar-refractivity contribution in [3.63, 3.8) is 0 Å². The van der Waals surface area contributed by atoms with Gasteiger partial charge in [-0.2, -0.15) is 0 Å². The first-order valence-electron chi connectivity index (χ1n) is 10.6. The summed E-state index contributed by atoms with van der Waals surface area (Å²) < 4.78 is 6.76. The number of benzene rings is 3. The molecule has 1 aromatic heterocycles. The number of ether oxygens (including phenoxy) is 1. The van der Waals surface area contributed by atoms with Gasteiger partial charge in [0.25, 0.3) is 11.5 Å². The topological polar surface area (TPSA) is 51.5 Å². The lowest BCUT2D eigenvalue weighted by Gasteiger charge is -2.23. The second kappa shape index (κ2) is 8.71. The molecule has 0 saturated heterocycles. The average molecular weight is 427 g/mol. The van der Waals surface area contributed by atoms with Crippen LogP contribution in [0.3, 0.4) is 0 Å². The summed E-state index contributed by atoms with van der Waals surface area (Å²) in [4.78, 5) is 28.8. The third-order valence-corrected chi connectivity index (χ3v) is 5.87. The molecule has 0 saturated carbocycles. The van der Waals surface area contributed by atoms with Crippen molar-refractivity contribution in [3.8, 4) is 11.4 Å². The first-order valence-corrected chi connectivity index (χ1v) is 10.6. The Morgan fingerprint density at radius 3 is 2.25 bits per heavy atom. The van der Waals surface area contributed by atoms with Crippen molar-refractivity contribution >= 4 is 22.4 Å². The van der Waals surface area contributed by atoms with Gasteiger partial charge in [-0.25, -0.2) is 0 Å². The number of methoxy groups -OCH3 is 1. The molecule has 3 aromatic carbocycles. The smallest absolute Gasteiger partial charge is 0.262 e. The van der Waals surface area contributed by atoms with Crippen LogP contribution in [0.25, 0.3) is 16.5 Å². The molecule has 0 radical (unpaired) electrons. The zero-order valence-corrected chi connectivity index (χ0v) is 18.8. The lowest BCUT2D eigenvalue weighted by Crippen LogP contribution is -2.32. The van der Waals surface area contributed by atoms with Crippen molar-refractivity contribution in [3.05, 3.63) is 100.0 Å². The van der Waals surface area contributed by atoms with Gasteiger partial charge < -0.3 is 9.64 Å². The number of aryl methyl sites for hydroxylation is 2. The van der Waals surface area contributed by atoms with Crippen LogP contribution in [0.1, 0.15) is 28.4 Å². The SMILES string of the molecule is CCN(C(=O)c1cn(-c2ccc(OC)cc2)c(=O)c2ccccc12)c1ccc(C)c(C)c1. The number of aromatic nitrogens is 1. The molecule has 0 bridgehead atoms. The van der Waals surface area contributed by atoms with Gasteiger partial charge >= 0.3 is 0 Å². The van der Waals surface area contributed by atoms with Crippen LogP contribution in [0.4, 0.5) is 5.69 Å². The summed E-state index contributed by atoms with van der Waals surface area (Å²) in [6.07, 6.45) is 1.65. The molecule has 1 heterocycles. The molecular weight excluding hydrogens is 400 g/mol. The molecule has 4 rings (SSSR count). The summed E-state index contributed by atoms with van der Waals surface area (Å²) in [6.45, 7) is 6.55. The van der Waals surface area contributed by atoms with Crippen molar-refractivity contribution in [2.75, 3.05) is 18.6 Å². The molecule has 0 spiro atoms. The molecule has 0 fully saturated rings. The Bertz CT molecular complexity index is 1350. The van der Waals surface area contributed by atoms with Gasteiger partial charge in [0.15, 0.2) is 0 Å². The van der Waals surface area contributed by atoms with Gasteiger partial charge in [-0.15, -0.1) is 0 Å². The van der Waals surface area contributed by atoms with Gasteiger partial charge in [0, 0.05) is 34.9 Å². The number of pyridine rings is 1. The van der Waals surface area contributed by atoms with Crippen molar-refractivity contribution in [1.29, 1.82) is 0 Å². The highest BCUT2D eigenvalue weighted by Crippen LogP contribution is 2.25. The number of anilines is 1. The largest absolute Gasteiger partial charge is 0.497 e. The number of hydrogen-bond donors (Lipinski definition) is 0. The number of carbonyl (C=O) groups excluding carboxylic acids is 1. The summed E-state index contributed by atoms with van der Waals surface area (Å²) in [5.41, 5.74) is 4.13. The maximum absolute atomic E-state index is 13.8. The van der Waals surface area contributed by atoms with Crippen molar-refractivity contribution < 1.29 is 9.53 Å². The van der Waals surface area contributed by atoms with Gasteiger partial charge in [-0.05, 0) is 74.4 Å². The van der Waals surface area contributed by atoms with E-state index in [9.17, 15) is 9.59 Å². The minimum Gasteiger partial charge on any atom is -0.497 e. The quantitative estimate of drug-likeness (QED) is 0.436. The first-order chi connectivity index (χ1) is 15.4. The van der Waals surface area contributed by atoms with E-state index in [0.29, 0.717) is 34.3 Å². The maximum atomic E-state index is 13.8. The Morgan fingerprint density at radius 1 is 0.938 bits per heavy atom. The highest BCUT2D eigenvalue weighted by Gasteiger charge is 2.21. The molecule has 5 heteroatoms. The van der Waals surface area contributed by atoms with Gasteiger partial charge in [0.05, 0.1) is 12.7 Å². The van der Waals surface area contributed by atoms with Gasteiger partial charge in [0.1, 0.15) is 5.75 Å². The van der Waals surface area contributed by atoms with Gasteiger partial charge in [-0.1, -0.05) is 24.3 Å². The Morgan fingerprint density at radius 2 is 1.62 bits per heavy atom. The van der Waals surface area contributed by atoms with Crippen LogP contribution < -0.4 is 15.2 Å². The minimum absolute atomic E-state index is 0.144. The van der Waals surface area contributed by atoms with Crippen molar-refractivity contribution in [2.45, 2.75) is 20.8 Å². The van der Waals surface area contributed by atoms with Crippen LogP contribution in [-0.2, 0) is 0 Å². The summed E-state index contributed by atoms with van der Waals surface area (Å²) in [7, 11) is 1.60. The van der Waals surface area contributed by atoms with Crippen LogP contribution >= 0.6 is 0 Å². The van der Waals surface area contributed by atoms with E-state index < -0.39 is 0 Å². The molecule has 0 atom stereocenters. The van der Waals surface area contributed by atoms with Gasteiger partial charge in [0.2, 0.25) is 0 Å². The fourth-order valence-corrected chi connectivity index (χ4v) is 3.88. The van der Waals surface area contributed by atoms with Crippen LogP contribution in [0.5, 0.6) is 5.75 Å². The fraction of sp³-hybridized carbons (Fsp3) is 0.185. The molecule has 0 aliphatic heterocycles. The molecule has 4 aromatic rings. The Balaban J connectivity index is 1.90. The van der Waals surface area contributed by atoms with E-state index in [4.69, 9.17) is 4.74 Å². The van der Waals surface area contributed by atoms with E-state index in [-0.39, 0.29) is 11.5 Å². The minimum atomic E-state index is -0.170. The molecule has 0 aliphatic carbocycles. The molecular formula is C27H26N2O3. The molecule has 5 nitrogen and oxygen atoms in total. The Hall–Kier alpha value is -3.86. The number of carbonyl (C=O) groups is 1. The number of amides is 1. The molecule has 32 heavy (non-hydrogen) atoms. The summed E-state index contributed by atoms with van der Waals surface area (Å²) in [5, 5.41) is 1.15. The third-order valence-electron chi connectivity index (χ3n) is 5.87. The highest BCUT2D eigenvalue weighted by atomic mass is 16.5. The van der Waals surface area contributed by atoms with E-state index in [1.54, 1.807) is 36.4 Å². The lowest BCUT2D eigenvalue weighted by molar-refractivity contribution is 0.0989. The zero-order valence-electron chi connectivity index (χ0n) is 18.8. The Labute approximate surface area is 187 Å². The highest BCUT2D eigenvalue weighted by molar-refractivity contribution is 6.13. The standard InChI is InChI=1S/C27H26N2O3/c1-5-28(21-11-10-18(2)19(3)16-21)27(31)25-17-29(20-12-14-22(32-4)15-13-20)26(30)24-9-7-6-8-23(24)25/h6-17H,5H2,1-4H3. The zero-order chi connectivity index (χ0) is 22.8. The second-order valence-electron chi connectivity index (χ2n) is 7.78. The lowest BCUT2D eigenvalue weighted by atomic mass is 10.0. The fourth-order valence-electron chi connectivity index (χ4n) is 3.88. The number of nitrogens with zero attached hydrogens (tertiary/aromatic N) is 2. The number of fused-ring (bicyclic) bond motifs is 1. The van der Waals surface area contributed by atoms with Crippen molar-refractivity contribution in [1.82, 2.24) is 4.57 Å². The van der Waals surface area contributed by atoms with Crippen LogP contribution in [0.15, 0.2) is 77.7 Å². The number of hydrogen-bond acceptors (Lipinski definition) is 3. The summed E-state index contributed by atoms with van der Waals surface area (Å²) in [5.74, 6) is 0.556. The van der Waals surface area contributed by atoms with Crippen LogP contribution in [0.2, 0.25) is 0 Å². The monoisotopic (exact) mass is 426 g/mol. The predicted octanol–water partition coefficient (Wildman–Crippen LogP) is 5.28. The summed E-state index contributed by atoms with van der Waals surface area (Å²) >= 11 is 0. The molecule has 0 unspecified atom stereocenters. The second-order valence-corrected chi connectivity index (χ2v) is 7.78. The maximum Gasteiger partial charge on any atom is 0.262 e. The first kappa shape index (κ1) is 21.4. The van der Waals surface area contributed by atoms with Crippen molar-refractivity contribution in [2.24, 2.45) is 0 Å². The Kier molecular flexibility index (Phi) is 5.82. The van der Waals surface area contributed by atoms with Gasteiger partial charge in [-0.3, -0.25) is 14.2 Å². The van der Waals surface area contributed by atoms with E-state index in [1.807, 2.05) is 62.4 Å².